The summed E-state index contributed by atoms with van der Waals surface area (Å²) in [5.74, 6) is -0.247. The van der Waals surface area contributed by atoms with Crippen LogP contribution in [0.15, 0.2) is 78.2 Å². The van der Waals surface area contributed by atoms with Crippen LogP contribution in [0.4, 0.5) is 0 Å². The van der Waals surface area contributed by atoms with Crippen molar-refractivity contribution in [2.75, 3.05) is 0 Å². The summed E-state index contributed by atoms with van der Waals surface area (Å²) in [6.45, 7) is 1.99. The molecular weight excluding hydrogens is 324 g/mol. The van der Waals surface area contributed by atoms with Crippen molar-refractivity contribution >= 4 is 23.0 Å². The SMILES string of the molecule is Cc1[nH]c2ccccc2c1/C=N/NC(=O)c1ccccc1-n1cccc1. The normalized spacial score (nSPS) is 11.3. The number of amides is 1. The first-order chi connectivity index (χ1) is 12.7. The summed E-state index contributed by atoms with van der Waals surface area (Å²) in [4.78, 5) is 15.9. The molecular formula is C21H18N4O. The minimum atomic E-state index is -0.247. The largest absolute Gasteiger partial charge is 0.358 e. The Kier molecular flexibility index (Phi) is 4.11. The van der Waals surface area contributed by atoms with E-state index in [1.807, 2.05) is 78.5 Å². The van der Waals surface area contributed by atoms with Gasteiger partial charge in [0.05, 0.1) is 17.5 Å². The molecule has 0 spiro atoms. The molecule has 0 aliphatic heterocycles. The number of hydrazone groups is 1. The third-order valence-electron chi connectivity index (χ3n) is 4.33. The Morgan fingerprint density at radius 1 is 1.04 bits per heavy atom. The molecule has 0 aliphatic rings. The maximum atomic E-state index is 12.6. The number of aromatic nitrogens is 2. The molecule has 0 fully saturated rings. The highest BCUT2D eigenvalue weighted by atomic mass is 16.2. The van der Waals surface area contributed by atoms with Crippen molar-refractivity contribution in [2.45, 2.75) is 6.92 Å². The second-order valence-electron chi connectivity index (χ2n) is 6.02. The van der Waals surface area contributed by atoms with Gasteiger partial charge in [0.15, 0.2) is 0 Å². The maximum Gasteiger partial charge on any atom is 0.273 e. The number of benzene rings is 2. The number of aromatic amines is 1. The molecule has 2 aromatic carbocycles. The van der Waals surface area contributed by atoms with Crippen molar-refractivity contribution in [1.82, 2.24) is 15.0 Å². The zero-order valence-electron chi connectivity index (χ0n) is 14.3. The maximum absolute atomic E-state index is 12.6. The Hall–Kier alpha value is -3.60. The molecule has 5 nitrogen and oxygen atoms in total. The number of carbonyl (C=O) groups is 1. The van der Waals surface area contributed by atoms with E-state index >= 15 is 0 Å². The summed E-state index contributed by atoms with van der Waals surface area (Å²) in [6, 6.07) is 19.3. The number of hydrogen-bond donors (Lipinski definition) is 2. The second-order valence-corrected chi connectivity index (χ2v) is 6.02. The third kappa shape index (κ3) is 2.91. The lowest BCUT2D eigenvalue weighted by molar-refractivity contribution is 0.0955. The van der Waals surface area contributed by atoms with Crippen LogP contribution in [0.2, 0.25) is 0 Å². The molecule has 5 heteroatoms. The zero-order valence-corrected chi connectivity index (χ0v) is 14.3. The van der Waals surface area contributed by atoms with E-state index in [1.165, 1.54) is 0 Å². The average Bonchev–Trinajstić information content (AvgIpc) is 3.30. The summed E-state index contributed by atoms with van der Waals surface area (Å²) < 4.78 is 1.91. The number of nitrogens with one attached hydrogen (secondary N) is 2. The van der Waals surface area contributed by atoms with Crippen LogP contribution in [-0.4, -0.2) is 21.7 Å². The number of H-pyrrole nitrogens is 1. The number of carbonyl (C=O) groups excluding carboxylic acids is 1. The summed E-state index contributed by atoms with van der Waals surface area (Å²) in [5.41, 5.74) is 7.05. The molecule has 128 valence electrons. The lowest BCUT2D eigenvalue weighted by Gasteiger charge is -2.08. The summed E-state index contributed by atoms with van der Waals surface area (Å²) in [6.07, 6.45) is 5.50. The second kappa shape index (κ2) is 6.72. The van der Waals surface area contributed by atoms with Crippen molar-refractivity contribution in [2.24, 2.45) is 5.10 Å². The Labute approximate surface area is 151 Å². The first kappa shape index (κ1) is 15.9. The fourth-order valence-corrected chi connectivity index (χ4v) is 3.07. The van der Waals surface area contributed by atoms with E-state index in [0.29, 0.717) is 5.56 Å². The molecule has 2 N–H and O–H groups in total. The van der Waals surface area contributed by atoms with Gasteiger partial charge in [0.25, 0.3) is 5.91 Å². The first-order valence-corrected chi connectivity index (χ1v) is 8.37. The molecule has 0 atom stereocenters. The minimum absolute atomic E-state index is 0.247. The number of para-hydroxylation sites is 2. The molecule has 1 amide bonds. The van der Waals surface area contributed by atoms with Crippen molar-refractivity contribution in [1.29, 1.82) is 0 Å². The molecule has 2 heterocycles. The Bertz CT molecular complexity index is 1090. The van der Waals surface area contributed by atoms with Crippen LogP contribution in [0.1, 0.15) is 21.6 Å². The molecule has 26 heavy (non-hydrogen) atoms. The molecule has 0 unspecified atom stereocenters. The first-order valence-electron chi connectivity index (χ1n) is 8.37. The van der Waals surface area contributed by atoms with Crippen molar-refractivity contribution in [3.63, 3.8) is 0 Å². The van der Waals surface area contributed by atoms with Gasteiger partial charge in [-0.1, -0.05) is 30.3 Å². The number of fused-ring (bicyclic) bond motifs is 1. The molecule has 0 radical (unpaired) electrons. The van der Waals surface area contributed by atoms with Gasteiger partial charge in [-0.15, -0.1) is 0 Å². The van der Waals surface area contributed by atoms with Crippen LogP contribution >= 0.6 is 0 Å². The zero-order chi connectivity index (χ0) is 17.9. The Morgan fingerprint density at radius 2 is 1.77 bits per heavy atom. The van der Waals surface area contributed by atoms with E-state index in [-0.39, 0.29) is 5.91 Å². The molecule has 2 aromatic heterocycles. The standard InChI is InChI=1S/C21H18N4O/c1-15-18(16-8-2-4-10-19(16)23-15)14-22-24-21(26)17-9-3-5-11-20(17)25-12-6-7-13-25/h2-14,23H,1H3,(H,24,26)/b22-14+. The van der Waals surface area contributed by atoms with Crippen molar-refractivity contribution in [3.8, 4) is 5.69 Å². The summed E-state index contributed by atoms with van der Waals surface area (Å²) in [5, 5.41) is 5.25. The predicted octanol–water partition coefficient (Wildman–Crippen LogP) is 4.03. The fraction of sp³-hybridized carbons (Fsp3) is 0.0476. The molecule has 0 aliphatic carbocycles. The average molecular weight is 342 g/mol. The number of hydrogen-bond acceptors (Lipinski definition) is 2. The van der Waals surface area contributed by atoms with Crippen LogP contribution < -0.4 is 5.43 Å². The molecule has 0 saturated carbocycles. The van der Waals surface area contributed by atoms with Gasteiger partial charge in [-0.3, -0.25) is 4.79 Å². The lowest BCUT2D eigenvalue weighted by atomic mass is 10.1. The molecule has 4 aromatic rings. The lowest BCUT2D eigenvalue weighted by Crippen LogP contribution is -2.19. The van der Waals surface area contributed by atoms with E-state index in [0.717, 1.165) is 27.8 Å². The predicted molar refractivity (Wildman–Crippen MR) is 104 cm³/mol. The van der Waals surface area contributed by atoms with Gasteiger partial charge < -0.3 is 9.55 Å². The van der Waals surface area contributed by atoms with Crippen LogP contribution in [0.25, 0.3) is 16.6 Å². The van der Waals surface area contributed by atoms with E-state index in [4.69, 9.17) is 0 Å². The Balaban J connectivity index is 1.58. The quantitative estimate of drug-likeness (QED) is 0.427. The highest BCUT2D eigenvalue weighted by molar-refractivity contribution is 6.02. The van der Waals surface area contributed by atoms with Crippen molar-refractivity contribution in [3.05, 3.63) is 89.9 Å². The van der Waals surface area contributed by atoms with Gasteiger partial charge in [-0.25, -0.2) is 5.43 Å². The van der Waals surface area contributed by atoms with Gasteiger partial charge in [-0.05, 0) is 37.3 Å². The monoisotopic (exact) mass is 342 g/mol. The van der Waals surface area contributed by atoms with Crippen LogP contribution in [0, 0.1) is 6.92 Å². The number of nitrogens with zero attached hydrogens (tertiary/aromatic N) is 2. The Morgan fingerprint density at radius 3 is 2.62 bits per heavy atom. The number of aryl methyl sites for hydroxylation is 1. The van der Waals surface area contributed by atoms with Gasteiger partial charge in [0, 0.05) is 34.6 Å². The van der Waals surface area contributed by atoms with Crippen LogP contribution in [0.3, 0.4) is 0 Å². The summed E-state index contributed by atoms with van der Waals surface area (Å²) in [7, 11) is 0. The van der Waals surface area contributed by atoms with Gasteiger partial charge in [0.1, 0.15) is 0 Å². The fourth-order valence-electron chi connectivity index (χ4n) is 3.07. The molecule has 0 saturated heterocycles. The van der Waals surface area contributed by atoms with Gasteiger partial charge in [0.2, 0.25) is 0 Å². The van der Waals surface area contributed by atoms with Crippen molar-refractivity contribution < 1.29 is 4.79 Å². The summed E-state index contributed by atoms with van der Waals surface area (Å²) >= 11 is 0. The van der Waals surface area contributed by atoms with Gasteiger partial charge in [-0.2, -0.15) is 5.10 Å². The smallest absolute Gasteiger partial charge is 0.273 e. The minimum Gasteiger partial charge on any atom is -0.358 e. The van der Waals surface area contributed by atoms with Gasteiger partial charge >= 0.3 is 0 Å². The van der Waals surface area contributed by atoms with Crippen LogP contribution in [0.5, 0.6) is 0 Å². The van der Waals surface area contributed by atoms with E-state index in [9.17, 15) is 4.79 Å². The van der Waals surface area contributed by atoms with E-state index < -0.39 is 0 Å². The third-order valence-corrected chi connectivity index (χ3v) is 4.33. The number of rotatable bonds is 4. The highest BCUT2D eigenvalue weighted by Crippen LogP contribution is 2.20. The molecule has 4 rings (SSSR count). The highest BCUT2D eigenvalue weighted by Gasteiger charge is 2.11. The van der Waals surface area contributed by atoms with E-state index in [2.05, 4.69) is 15.5 Å². The molecule has 0 bridgehead atoms. The topological polar surface area (TPSA) is 62.2 Å². The van der Waals surface area contributed by atoms with Crippen LogP contribution in [-0.2, 0) is 0 Å². The van der Waals surface area contributed by atoms with E-state index in [1.54, 1.807) is 12.3 Å².